The minimum atomic E-state index is -0.248. The molecule has 0 saturated heterocycles. The summed E-state index contributed by atoms with van der Waals surface area (Å²) < 4.78 is 14.7. The zero-order valence-corrected chi connectivity index (χ0v) is 10.5. The lowest BCUT2D eigenvalue weighted by Crippen LogP contribution is -2.24. The second-order valence-corrected chi connectivity index (χ2v) is 4.42. The molecular formula is C12H16FN5. The van der Waals surface area contributed by atoms with Gasteiger partial charge in [0.15, 0.2) is 5.82 Å². The van der Waals surface area contributed by atoms with Crippen LogP contribution in [-0.2, 0) is 13.1 Å². The largest absolute Gasteiger partial charge is 0.308 e. The number of hydrogen-bond donors (Lipinski definition) is 1. The Morgan fingerprint density at radius 2 is 2.22 bits per heavy atom. The first-order valence-corrected chi connectivity index (χ1v) is 5.88. The fourth-order valence-corrected chi connectivity index (χ4v) is 1.58. The number of benzene rings is 1. The summed E-state index contributed by atoms with van der Waals surface area (Å²) in [5.74, 6) is 0.496. The zero-order valence-electron chi connectivity index (χ0n) is 10.5. The molecule has 2 rings (SSSR count). The minimum absolute atomic E-state index is 0.248. The van der Waals surface area contributed by atoms with Crippen LogP contribution in [-0.4, -0.2) is 26.2 Å². The number of halogens is 1. The van der Waals surface area contributed by atoms with E-state index >= 15 is 0 Å². The highest BCUT2D eigenvalue weighted by atomic mass is 19.1. The Bertz CT molecular complexity index is 509. The van der Waals surface area contributed by atoms with Gasteiger partial charge in [0.1, 0.15) is 5.82 Å². The fourth-order valence-electron chi connectivity index (χ4n) is 1.58. The Labute approximate surface area is 105 Å². The molecule has 1 N–H and O–H groups in total. The van der Waals surface area contributed by atoms with Crippen LogP contribution in [0.15, 0.2) is 24.3 Å². The molecule has 0 atom stereocenters. The second kappa shape index (κ2) is 5.68. The van der Waals surface area contributed by atoms with Crippen LogP contribution in [0.4, 0.5) is 4.39 Å². The third kappa shape index (κ3) is 3.33. The normalized spacial score (nSPS) is 11.1. The van der Waals surface area contributed by atoms with Crippen molar-refractivity contribution in [3.63, 3.8) is 0 Å². The average molecular weight is 249 g/mol. The van der Waals surface area contributed by atoms with Crippen LogP contribution in [0.5, 0.6) is 0 Å². The van der Waals surface area contributed by atoms with Gasteiger partial charge >= 0.3 is 0 Å². The molecule has 18 heavy (non-hydrogen) atoms. The van der Waals surface area contributed by atoms with Crippen LogP contribution in [0.2, 0.25) is 0 Å². The molecule has 0 saturated carbocycles. The van der Waals surface area contributed by atoms with Gasteiger partial charge < -0.3 is 5.32 Å². The van der Waals surface area contributed by atoms with E-state index in [1.165, 1.54) is 12.1 Å². The van der Waals surface area contributed by atoms with E-state index in [2.05, 4.69) is 34.7 Å². The van der Waals surface area contributed by atoms with Crippen molar-refractivity contribution < 1.29 is 4.39 Å². The molecule has 0 amide bonds. The van der Waals surface area contributed by atoms with Gasteiger partial charge in [-0.25, -0.2) is 9.07 Å². The molecular weight excluding hydrogens is 233 g/mol. The highest BCUT2D eigenvalue weighted by molar-refractivity contribution is 5.16. The molecule has 0 radical (unpaired) electrons. The van der Waals surface area contributed by atoms with E-state index in [4.69, 9.17) is 0 Å². The van der Waals surface area contributed by atoms with Gasteiger partial charge in [-0.15, -0.1) is 5.10 Å². The summed E-state index contributed by atoms with van der Waals surface area (Å²) in [6.07, 6.45) is 0. The first kappa shape index (κ1) is 12.6. The first-order chi connectivity index (χ1) is 8.65. The highest BCUT2D eigenvalue weighted by Gasteiger charge is 2.07. The van der Waals surface area contributed by atoms with Gasteiger partial charge in [0, 0.05) is 6.04 Å². The summed E-state index contributed by atoms with van der Waals surface area (Å²) >= 11 is 0. The first-order valence-electron chi connectivity index (χ1n) is 5.88. The van der Waals surface area contributed by atoms with E-state index < -0.39 is 0 Å². The Morgan fingerprint density at radius 3 is 2.94 bits per heavy atom. The molecule has 96 valence electrons. The van der Waals surface area contributed by atoms with Crippen molar-refractivity contribution in [3.05, 3.63) is 41.5 Å². The molecule has 6 heteroatoms. The molecule has 0 aliphatic carbocycles. The predicted octanol–water partition coefficient (Wildman–Crippen LogP) is 1.36. The van der Waals surface area contributed by atoms with Crippen LogP contribution in [0.25, 0.3) is 0 Å². The van der Waals surface area contributed by atoms with Gasteiger partial charge in [-0.1, -0.05) is 26.0 Å². The Kier molecular flexibility index (Phi) is 3.99. The lowest BCUT2D eigenvalue weighted by atomic mass is 10.2. The van der Waals surface area contributed by atoms with E-state index in [-0.39, 0.29) is 5.82 Å². The summed E-state index contributed by atoms with van der Waals surface area (Å²) in [6, 6.07) is 6.81. The molecule has 0 fully saturated rings. The molecule has 0 spiro atoms. The van der Waals surface area contributed by atoms with E-state index in [0.29, 0.717) is 19.1 Å². The second-order valence-electron chi connectivity index (χ2n) is 4.42. The Hall–Kier alpha value is -1.82. The van der Waals surface area contributed by atoms with Gasteiger partial charge in [0.25, 0.3) is 0 Å². The maximum Gasteiger partial charge on any atom is 0.165 e. The van der Waals surface area contributed by atoms with Crippen molar-refractivity contribution in [1.82, 2.24) is 25.5 Å². The molecule has 0 aliphatic rings. The summed E-state index contributed by atoms with van der Waals surface area (Å²) in [5.41, 5.74) is 0.841. The summed E-state index contributed by atoms with van der Waals surface area (Å²) in [6.45, 7) is 5.18. The number of rotatable bonds is 5. The lowest BCUT2D eigenvalue weighted by Gasteiger charge is -2.08. The molecule has 0 unspecified atom stereocenters. The topological polar surface area (TPSA) is 55.6 Å². The van der Waals surface area contributed by atoms with Crippen LogP contribution in [0.3, 0.4) is 0 Å². The molecule has 0 aliphatic heterocycles. The molecule has 0 bridgehead atoms. The number of tetrazole rings is 1. The fraction of sp³-hybridized carbons (Fsp3) is 0.417. The summed E-state index contributed by atoms with van der Waals surface area (Å²) in [7, 11) is 0. The predicted molar refractivity (Wildman–Crippen MR) is 65.3 cm³/mol. The van der Waals surface area contributed by atoms with Crippen LogP contribution >= 0.6 is 0 Å². The third-order valence-electron chi connectivity index (χ3n) is 2.50. The maximum absolute atomic E-state index is 13.1. The van der Waals surface area contributed by atoms with E-state index in [1.54, 1.807) is 10.7 Å². The number of aromatic nitrogens is 4. The number of nitrogens with zero attached hydrogens (tertiary/aromatic N) is 4. The average Bonchev–Trinajstić information content (AvgIpc) is 2.74. The molecule has 1 aromatic carbocycles. The monoisotopic (exact) mass is 249 g/mol. The third-order valence-corrected chi connectivity index (χ3v) is 2.50. The van der Waals surface area contributed by atoms with Gasteiger partial charge in [0.2, 0.25) is 0 Å². The van der Waals surface area contributed by atoms with Crippen LogP contribution < -0.4 is 5.32 Å². The van der Waals surface area contributed by atoms with Gasteiger partial charge in [-0.2, -0.15) is 0 Å². The molecule has 1 aromatic heterocycles. The van der Waals surface area contributed by atoms with Gasteiger partial charge in [0.05, 0.1) is 13.1 Å². The molecule has 2 aromatic rings. The van der Waals surface area contributed by atoms with Crippen LogP contribution in [0, 0.1) is 5.82 Å². The number of nitrogens with one attached hydrogen (secondary N) is 1. The van der Waals surface area contributed by atoms with E-state index in [9.17, 15) is 4.39 Å². The summed E-state index contributed by atoms with van der Waals surface area (Å²) in [4.78, 5) is 0. The van der Waals surface area contributed by atoms with E-state index in [1.807, 2.05) is 6.07 Å². The van der Waals surface area contributed by atoms with Crippen LogP contribution in [0.1, 0.15) is 25.2 Å². The van der Waals surface area contributed by atoms with Crippen molar-refractivity contribution in [1.29, 1.82) is 0 Å². The zero-order chi connectivity index (χ0) is 13.0. The number of hydrogen-bond acceptors (Lipinski definition) is 4. The summed E-state index contributed by atoms with van der Waals surface area (Å²) in [5, 5.41) is 14.8. The van der Waals surface area contributed by atoms with E-state index in [0.717, 1.165) is 11.4 Å². The van der Waals surface area contributed by atoms with Crippen molar-refractivity contribution in [3.8, 4) is 0 Å². The SMILES string of the molecule is CC(C)NCc1nnnn1Cc1cccc(F)c1. The highest BCUT2D eigenvalue weighted by Crippen LogP contribution is 2.06. The standard InChI is InChI=1S/C12H16FN5/c1-9(2)14-7-12-15-16-17-18(12)8-10-4-3-5-11(13)6-10/h3-6,9,14H,7-8H2,1-2H3. The van der Waals surface area contributed by atoms with Crippen molar-refractivity contribution in [2.24, 2.45) is 0 Å². The smallest absolute Gasteiger partial charge is 0.165 e. The maximum atomic E-state index is 13.1. The minimum Gasteiger partial charge on any atom is -0.308 e. The van der Waals surface area contributed by atoms with Gasteiger partial charge in [-0.05, 0) is 28.1 Å². The molecule has 5 nitrogen and oxygen atoms in total. The van der Waals surface area contributed by atoms with Crippen molar-refractivity contribution >= 4 is 0 Å². The molecule has 1 heterocycles. The van der Waals surface area contributed by atoms with Crippen molar-refractivity contribution in [2.75, 3.05) is 0 Å². The van der Waals surface area contributed by atoms with Crippen molar-refractivity contribution in [2.45, 2.75) is 33.0 Å². The Balaban J connectivity index is 2.07. The Morgan fingerprint density at radius 1 is 1.39 bits per heavy atom. The van der Waals surface area contributed by atoms with Gasteiger partial charge in [-0.3, -0.25) is 0 Å². The quantitative estimate of drug-likeness (QED) is 0.869. The lowest BCUT2D eigenvalue weighted by molar-refractivity contribution is 0.536.